The molecule has 0 fully saturated rings. The summed E-state index contributed by atoms with van der Waals surface area (Å²) < 4.78 is 3.95. The molecule has 0 amide bonds. The van der Waals surface area contributed by atoms with Gasteiger partial charge in [-0.25, -0.2) is 0 Å². The van der Waals surface area contributed by atoms with Crippen LogP contribution in [0.4, 0.5) is 0 Å². The van der Waals surface area contributed by atoms with Crippen molar-refractivity contribution < 1.29 is 0 Å². The Morgan fingerprint density at radius 2 is 2.05 bits per heavy atom. The molecule has 0 atom stereocenters. The average molecular weight is 261 g/mol. The van der Waals surface area contributed by atoms with Crippen LogP contribution in [0.1, 0.15) is 36.4 Å². The van der Waals surface area contributed by atoms with Gasteiger partial charge < -0.3 is 5.73 Å². The van der Waals surface area contributed by atoms with E-state index in [1.54, 1.807) is 0 Å². The number of hydrogen-bond acceptors (Lipinski definition) is 3. The fourth-order valence-corrected chi connectivity index (χ4v) is 2.53. The SMILES string of the molecule is CCc1nn(CCc2cnn(C)c2)c(CC)c1CN. The number of rotatable bonds is 6. The smallest absolute Gasteiger partial charge is 0.0669 e. The van der Waals surface area contributed by atoms with Crippen LogP contribution in [0.2, 0.25) is 0 Å². The van der Waals surface area contributed by atoms with Gasteiger partial charge in [-0.1, -0.05) is 13.8 Å². The summed E-state index contributed by atoms with van der Waals surface area (Å²) in [7, 11) is 1.94. The van der Waals surface area contributed by atoms with Crippen LogP contribution in [-0.4, -0.2) is 19.6 Å². The second-order valence-corrected chi connectivity index (χ2v) is 4.78. The Labute approximate surface area is 114 Å². The molecular weight excluding hydrogens is 238 g/mol. The lowest BCUT2D eigenvalue weighted by Gasteiger charge is -2.06. The summed E-state index contributed by atoms with van der Waals surface area (Å²) in [5, 5.41) is 8.90. The number of hydrogen-bond donors (Lipinski definition) is 1. The third-order valence-corrected chi connectivity index (χ3v) is 3.49. The highest BCUT2D eigenvalue weighted by Crippen LogP contribution is 2.16. The highest BCUT2D eigenvalue weighted by atomic mass is 15.3. The van der Waals surface area contributed by atoms with Crippen molar-refractivity contribution in [2.24, 2.45) is 12.8 Å². The highest BCUT2D eigenvalue weighted by Gasteiger charge is 2.13. The fourth-order valence-electron chi connectivity index (χ4n) is 2.53. The second-order valence-electron chi connectivity index (χ2n) is 4.78. The Morgan fingerprint density at radius 1 is 1.26 bits per heavy atom. The first kappa shape index (κ1) is 13.8. The molecular formula is C14H23N5. The first-order valence-corrected chi connectivity index (χ1v) is 6.94. The molecule has 5 nitrogen and oxygen atoms in total. The minimum absolute atomic E-state index is 0.583. The molecule has 0 saturated heterocycles. The van der Waals surface area contributed by atoms with Crippen molar-refractivity contribution in [2.75, 3.05) is 0 Å². The van der Waals surface area contributed by atoms with Crippen LogP contribution in [0.5, 0.6) is 0 Å². The van der Waals surface area contributed by atoms with Crippen molar-refractivity contribution in [3.63, 3.8) is 0 Å². The standard InChI is InChI=1S/C14H23N5/c1-4-13-12(8-15)14(5-2)19(17-13)7-6-11-9-16-18(3)10-11/h9-10H,4-8,15H2,1-3H3. The zero-order valence-corrected chi connectivity index (χ0v) is 12.1. The summed E-state index contributed by atoms with van der Waals surface area (Å²) >= 11 is 0. The molecule has 0 aromatic carbocycles. The van der Waals surface area contributed by atoms with E-state index in [0.717, 1.165) is 31.5 Å². The summed E-state index contributed by atoms with van der Waals surface area (Å²) in [6, 6.07) is 0. The van der Waals surface area contributed by atoms with Crippen LogP contribution in [0.25, 0.3) is 0 Å². The Bertz CT molecular complexity index is 538. The van der Waals surface area contributed by atoms with Crippen LogP contribution >= 0.6 is 0 Å². The highest BCUT2D eigenvalue weighted by molar-refractivity contribution is 5.26. The topological polar surface area (TPSA) is 61.7 Å². The summed E-state index contributed by atoms with van der Waals surface area (Å²) in [6.07, 6.45) is 6.85. The Morgan fingerprint density at radius 3 is 2.58 bits per heavy atom. The number of nitrogens with zero attached hydrogens (tertiary/aromatic N) is 4. The molecule has 2 rings (SSSR count). The van der Waals surface area contributed by atoms with Crippen molar-refractivity contribution in [2.45, 2.75) is 46.2 Å². The van der Waals surface area contributed by atoms with E-state index in [1.165, 1.54) is 16.8 Å². The summed E-state index contributed by atoms with van der Waals surface area (Å²) in [5.74, 6) is 0. The minimum atomic E-state index is 0.583. The number of aromatic nitrogens is 4. The fraction of sp³-hybridized carbons (Fsp3) is 0.571. The molecule has 0 aliphatic rings. The van der Waals surface area contributed by atoms with Gasteiger partial charge in [-0.15, -0.1) is 0 Å². The van der Waals surface area contributed by atoms with E-state index in [2.05, 4.69) is 29.8 Å². The molecule has 0 radical (unpaired) electrons. The van der Waals surface area contributed by atoms with E-state index >= 15 is 0 Å². The molecule has 2 aromatic heterocycles. The van der Waals surface area contributed by atoms with Gasteiger partial charge in [0.2, 0.25) is 0 Å². The van der Waals surface area contributed by atoms with Crippen LogP contribution in [0, 0.1) is 0 Å². The van der Waals surface area contributed by atoms with E-state index in [4.69, 9.17) is 10.8 Å². The molecule has 2 heterocycles. The van der Waals surface area contributed by atoms with E-state index in [-0.39, 0.29) is 0 Å². The Kier molecular flexibility index (Phi) is 4.37. The van der Waals surface area contributed by atoms with E-state index in [1.807, 2.05) is 17.9 Å². The summed E-state index contributed by atoms with van der Waals surface area (Å²) in [4.78, 5) is 0. The lowest BCUT2D eigenvalue weighted by molar-refractivity contribution is 0.580. The van der Waals surface area contributed by atoms with Gasteiger partial charge in [0.05, 0.1) is 11.9 Å². The third-order valence-electron chi connectivity index (χ3n) is 3.49. The first-order valence-electron chi connectivity index (χ1n) is 6.94. The van der Waals surface area contributed by atoms with Crippen molar-refractivity contribution >= 4 is 0 Å². The lowest BCUT2D eigenvalue weighted by atomic mass is 10.1. The zero-order chi connectivity index (χ0) is 13.8. The molecule has 2 N–H and O–H groups in total. The second kappa shape index (κ2) is 6.02. The molecule has 0 spiro atoms. The molecule has 0 unspecified atom stereocenters. The monoisotopic (exact) mass is 261 g/mol. The average Bonchev–Trinajstić information content (AvgIpc) is 2.98. The first-order chi connectivity index (χ1) is 9.19. The zero-order valence-electron chi connectivity index (χ0n) is 12.1. The van der Waals surface area contributed by atoms with E-state index in [9.17, 15) is 0 Å². The number of nitrogens with two attached hydrogens (primary N) is 1. The molecule has 2 aromatic rings. The van der Waals surface area contributed by atoms with Gasteiger partial charge >= 0.3 is 0 Å². The number of aryl methyl sites for hydroxylation is 4. The summed E-state index contributed by atoms with van der Waals surface area (Å²) in [6.45, 7) is 5.77. The molecule has 0 aliphatic carbocycles. The third kappa shape index (κ3) is 2.87. The van der Waals surface area contributed by atoms with Crippen molar-refractivity contribution in [1.82, 2.24) is 19.6 Å². The van der Waals surface area contributed by atoms with Gasteiger partial charge in [-0.05, 0) is 24.8 Å². The van der Waals surface area contributed by atoms with Crippen LogP contribution < -0.4 is 5.73 Å². The predicted octanol–water partition coefficient (Wildman–Crippen LogP) is 1.44. The Balaban J connectivity index is 2.17. The predicted molar refractivity (Wildman–Crippen MR) is 75.8 cm³/mol. The van der Waals surface area contributed by atoms with Crippen LogP contribution in [-0.2, 0) is 39.4 Å². The minimum Gasteiger partial charge on any atom is -0.326 e. The summed E-state index contributed by atoms with van der Waals surface area (Å²) in [5.41, 5.74) is 10.8. The van der Waals surface area contributed by atoms with Gasteiger partial charge in [0, 0.05) is 37.6 Å². The van der Waals surface area contributed by atoms with Gasteiger partial charge in [-0.2, -0.15) is 10.2 Å². The van der Waals surface area contributed by atoms with Crippen molar-refractivity contribution in [3.8, 4) is 0 Å². The largest absolute Gasteiger partial charge is 0.326 e. The molecule has 5 heteroatoms. The van der Waals surface area contributed by atoms with Gasteiger partial charge in [0.15, 0.2) is 0 Å². The molecule has 0 bridgehead atoms. The van der Waals surface area contributed by atoms with Gasteiger partial charge in [0.1, 0.15) is 0 Å². The Hall–Kier alpha value is -1.62. The van der Waals surface area contributed by atoms with Crippen LogP contribution in [0.3, 0.4) is 0 Å². The van der Waals surface area contributed by atoms with Crippen molar-refractivity contribution in [3.05, 3.63) is 34.9 Å². The lowest BCUT2D eigenvalue weighted by Crippen LogP contribution is -2.08. The molecule has 0 aliphatic heterocycles. The van der Waals surface area contributed by atoms with Gasteiger partial charge in [-0.3, -0.25) is 9.36 Å². The molecule has 104 valence electrons. The normalized spacial score (nSPS) is 11.2. The maximum atomic E-state index is 5.86. The van der Waals surface area contributed by atoms with Gasteiger partial charge in [0.25, 0.3) is 0 Å². The maximum absolute atomic E-state index is 5.86. The van der Waals surface area contributed by atoms with Crippen molar-refractivity contribution in [1.29, 1.82) is 0 Å². The maximum Gasteiger partial charge on any atom is 0.0669 e. The quantitative estimate of drug-likeness (QED) is 0.856. The van der Waals surface area contributed by atoms with Crippen LogP contribution in [0.15, 0.2) is 12.4 Å². The molecule has 19 heavy (non-hydrogen) atoms. The van der Waals surface area contributed by atoms with E-state index < -0.39 is 0 Å². The molecule has 0 saturated carbocycles. The van der Waals surface area contributed by atoms with E-state index in [0.29, 0.717) is 6.54 Å².